The Bertz CT molecular complexity index is 1220. The normalized spacial score (nSPS) is 15.8. The van der Waals surface area contributed by atoms with Crippen molar-refractivity contribution < 1.29 is 14.4 Å². The molecule has 160 valence electrons. The molecule has 32 heavy (non-hydrogen) atoms. The van der Waals surface area contributed by atoms with Gasteiger partial charge in [-0.25, -0.2) is 14.9 Å². The first-order chi connectivity index (χ1) is 15.5. The van der Waals surface area contributed by atoms with Gasteiger partial charge in [-0.15, -0.1) is 0 Å². The van der Waals surface area contributed by atoms with Crippen molar-refractivity contribution in [3.8, 4) is 0 Å². The van der Waals surface area contributed by atoms with E-state index in [9.17, 15) is 14.4 Å². The smallest absolute Gasteiger partial charge is 0.266 e. The lowest BCUT2D eigenvalue weighted by Crippen LogP contribution is -2.49. The largest absolute Gasteiger partial charge is 0.337 e. The summed E-state index contributed by atoms with van der Waals surface area (Å²) in [5.41, 5.74) is 2.38. The fourth-order valence-electron chi connectivity index (χ4n) is 4.15. The van der Waals surface area contributed by atoms with Crippen molar-refractivity contribution in [1.82, 2.24) is 14.9 Å². The molecule has 0 spiro atoms. The molecule has 1 aromatic heterocycles. The summed E-state index contributed by atoms with van der Waals surface area (Å²) in [7, 11) is 0. The second-order valence-electron chi connectivity index (χ2n) is 7.82. The summed E-state index contributed by atoms with van der Waals surface area (Å²) in [6, 6.07) is 13.8. The van der Waals surface area contributed by atoms with Crippen molar-refractivity contribution in [2.24, 2.45) is 0 Å². The molecule has 0 unspecified atom stereocenters. The van der Waals surface area contributed by atoms with Crippen molar-refractivity contribution in [3.05, 3.63) is 83.2 Å². The van der Waals surface area contributed by atoms with E-state index in [1.165, 1.54) is 4.90 Å². The van der Waals surface area contributed by atoms with Crippen LogP contribution in [0.5, 0.6) is 0 Å². The Balaban J connectivity index is 1.35. The molecular formula is C24H21N5O3. The van der Waals surface area contributed by atoms with Gasteiger partial charge in [-0.2, -0.15) is 0 Å². The molecule has 2 aliphatic rings. The first-order valence-electron chi connectivity index (χ1n) is 10.4. The molecule has 0 atom stereocenters. The molecule has 8 nitrogen and oxygen atoms in total. The average Bonchev–Trinajstić information content (AvgIpc) is 3.09. The highest BCUT2D eigenvalue weighted by Crippen LogP contribution is 2.31. The number of imide groups is 1. The van der Waals surface area contributed by atoms with E-state index in [4.69, 9.17) is 0 Å². The summed E-state index contributed by atoms with van der Waals surface area (Å²) in [5.74, 6) is -0.275. The van der Waals surface area contributed by atoms with Gasteiger partial charge in [-0.3, -0.25) is 14.4 Å². The summed E-state index contributed by atoms with van der Waals surface area (Å²) in [4.78, 5) is 52.6. The lowest BCUT2D eigenvalue weighted by atomic mass is 10.0. The van der Waals surface area contributed by atoms with Gasteiger partial charge < -0.3 is 9.80 Å². The number of aryl methyl sites for hydroxylation is 1. The third-order valence-electron chi connectivity index (χ3n) is 5.89. The van der Waals surface area contributed by atoms with Crippen LogP contribution in [0.15, 0.2) is 60.9 Å². The number of carbonyl (C=O) groups is 3. The third-order valence-corrected chi connectivity index (χ3v) is 5.89. The molecule has 5 rings (SSSR count). The van der Waals surface area contributed by atoms with E-state index >= 15 is 0 Å². The number of anilines is 2. The van der Waals surface area contributed by atoms with Gasteiger partial charge in [0.25, 0.3) is 17.7 Å². The second-order valence-corrected chi connectivity index (χ2v) is 7.82. The minimum Gasteiger partial charge on any atom is -0.337 e. The maximum absolute atomic E-state index is 13.1. The second kappa shape index (κ2) is 7.88. The highest BCUT2D eigenvalue weighted by molar-refractivity contribution is 6.35. The van der Waals surface area contributed by atoms with Gasteiger partial charge in [0.1, 0.15) is 0 Å². The Morgan fingerprint density at radius 2 is 1.53 bits per heavy atom. The quantitative estimate of drug-likeness (QED) is 0.597. The van der Waals surface area contributed by atoms with Crippen LogP contribution in [-0.4, -0.2) is 58.8 Å². The molecule has 2 aromatic carbocycles. The topological polar surface area (TPSA) is 86.7 Å². The van der Waals surface area contributed by atoms with Crippen LogP contribution < -0.4 is 9.80 Å². The predicted octanol–water partition coefficient (Wildman–Crippen LogP) is 2.55. The van der Waals surface area contributed by atoms with E-state index in [2.05, 4.69) is 9.97 Å². The van der Waals surface area contributed by atoms with Crippen molar-refractivity contribution >= 4 is 29.4 Å². The van der Waals surface area contributed by atoms with E-state index in [0.717, 1.165) is 5.56 Å². The molecule has 1 saturated heterocycles. The number of rotatable bonds is 3. The van der Waals surface area contributed by atoms with Gasteiger partial charge in [0.05, 0.1) is 16.8 Å². The summed E-state index contributed by atoms with van der Waals surface area (Å²) in [5, 5.41) is 0. The lowest BCUT2D eigenvalue weighted by Gasteiger charge is -2.34. The van der Waals surface area contributed by atoms with Crippen molar-refractivity contribution in [3.63, 3.8) is 0 Å². The van der Waals surface area contributed by atoms with Crippen LogP contribution in [0, 0.1) is 6.92 Å². The maximum Gasteiger partial charge on any atom is 0.266 e. The summed E-state index contributed by atoms with van der Waals surface area (Å²) in [6.45, 7) is 4.15. The zero-order valence-corrected chi connectivity index (χ0v) is 17.6. The van der Waals surface area contributed by atoms with Gasteiger partial charge in [0, 0.05) is 44.1 Å². The Hall–Kier alpha value is -4.07. The van der Waals surface area contributed by atoms with Crippen molar-refractivity contribution in [1.29, 1.82) is 0 Å². The number of nitrogens with zero attached hydrogens (tertiary/aromatic N) is 5. The number of piperazine rings is 1. The number of carbonyl (C=O) groups excluding carboxylic acids is 3. The van der Waals surface area contributed by atoms with Crippen molar-refractivity contribution in [2.75, 3.05) is 36.0 Å². The monoisotopic (exact) mass is 427 g/mol. The number of hydrogen-bond donors (Lipinski definition) is 0. The van der Waals surface area contributed by atoms with Crippen molar-refractivity contribution in [2.45, 2.75) is 6.92 Å². The minimum atomic E-state index is -0.403. The SMILES string of the molecule is Cc1ccccc1N1C(=O)c2ccc(C(=O)N3CCN(c4ncccn4)CC3)cc2C1=O. The van der Waals surface area contributed by atoms with Crippen LogP contribution in [0.3, 0.4) is 0 Å². The van der Waals surface area contributed by atoms with E-state index in [1.807, 2.05) is 24.0 Å². The number of amides is 3. The first kappa shape index (κ1) is 19.9. The van der Waals surface area contributed by atoms with Crippen LogP contribution in [0.25, 0.3) is 0 Å². The Morgan fingerprint density at radius 1 is 0.844 bits per heavy atom. The van der Waals surface area contributed by atoms with E-state index < -0.39 is 5.91 Å². The lowest BCUT2D eigenvalue weighted by molar-refractivity contribution is 0.0745. The fraction of sp³-hybridized carbons (Fsp3) is 0.208. The molecule has 3 aromatic rings. The van der Waals surface area contributed by atoms with Gasteiger partial charge >= 0.3 is 0 Å². The Kier molecular flexibility index (Phi) is 4.89. The maximum atomic E-state index is 13.1. The molecular weight excluding hydrogens is 406 g/mol. The van der Waals surface area contributed by atoms with E-state index in [0.29, 0.717) is 48.9 Å². The van der Waals surface area contributed by atoms with Crippen LogP contribution in [-0.2, 0) is 0 Å². The standard InChI is InChI=1S/C24H21N5O3/c1-16-5-2-3-6-20(16)29-22(31)18-8-7-17(15-19(18)23(29)32)21(30)27-11-13-28(14-12-27)24-25-9-4-10-26-24/h2-10,15H,11-14H2,1H3. The summed E-state index contributed by atoms with van der Waals surface area (Å²) >= 11 is 0. The number of aromatic nitrogens is 2. The summed E-state index contributed by atoms with van der Waals surface area (Å²) in [6.07, 6.45) is 3.39. The van der Waals surface area contributed by atoms with Crippen LogP contribution in [0.4, 0.5) is 11.6 Å². The van der Waals surface area contributed by atoms with Gasteiger partial charge in [0.15, 0.2) is 0 Å². The molecule has 1 fully saturated rings. The predicted molar refractivity (Wildman–Crippen MR) is 119 cm³/mol. The number of fused-ring (bicyclic) bond motifs is 1. The fourth-order valence-corrected chi connectivity index (χ4v) is 4.15. The van der Waals surface area contributed by atoms with E-state index in [-0.39, 0.29) is 17.4 Å². The van der Waals surface area contributed by atoms with Crippen LogP contribution in [0.1, 0.15) is 36.6 Å². The highest BCUT2D eigenvalue weighted by atomic mass is 16.2. The number of benzene rings is 2. The molecule has 0 bridgehead atoms. The first-order valence-corrected chi connectivity index (χ1v) is 10.4. The summed E-state index contributed by atoms with van der Waals surface area (Å²) < 4.78 is 0. The van der Waals surface area contributed by atoms with Gasteiger partial charge in [-0.05, 0) is 42.8 Å². The molecule has 0 N–H and O–H groups in total. The van der Waals surface area contributed by atoms with Gasteiger partial charge in [-0.1, -0.05) is 18.2 Å². The van der Waals surface area contributed by atoms with E-state index in [1.54, 1.807) is 53.7 Å². The number of hydrogen-bond acceptors (Lipinski definition) is 6. The zero-order chi connectivity index (χ0) is 22.2. The molecule has 3 amide bonds. The molecule has 2 aliphatic heterocycles. The molecule has 0 saturated carbocycles. The zero-order valence-electron chi connectivity index (χ0n) is 17.6. The van der Waals surface area contributed by atoms with Gasteiger partial charge in [0.2, 0.25) is 5.95 Å². The Labute approximate surface area is 185 Å². The molecule has 0 aliphatic carbocycles. The van der Waals surface area contributed by atoms with Crippen LogP contribution in [0.2, 0.25) is 0 Å². The third kappa shape index (κ3) is 3.30. The molecule has 8 heteroatoms. The average molecular weight is 427 g/mol. The Morgan fingerprint density at radius 3 is 2.25 bits per heavy atom. The molecule has 0 radical (unpaired) electrons. The highest BCUT2D eigenvalue weighted by Gasteiger charge is 2.38. The van der Waals surface area contributed by atoms with Crippen LogP contribution >= 0.6 is 0 Å². The minimum absolute atomic E-state index is 0.156. The number of para-hydroxylation sites is 1. The molecule has 3 heterocycles.